The lowest BCUT2D eigenvalue weighted by molar-refractivity contribution is -0.149. The summed E-state index contributed by atoms with van der Waals surface area (Å²) in [5.41, 5.74) is -0.842. The Hall–Kier alpha value is -1.10. The van der Waals surface area contributed by atoms with Crippen molar-refractivity contribution in [3.63, 3.8) is 0 Å². The van der Waals surface area contributed by atoms with Crippen LogP contribution in [0.25, 0.3) is 0 Å². The number of carboxylic acids is 1. The molecule has 1 unspecified atom stereocenters. The highest BCUT2D eigenvalue weighted by Gasteiger charge is 2.35. The maximum absolute atomic E-state index is 11.9. The van der Waals surface area contributed by atoms with Crippen LogP contribution in [-0.2, 0) is 14.3 Å². The van der Waals surface area contributed by atoms with Gasteiger partial charge in [-0.15, -0.1) is 0 Å². The summed E-state index contributed by atoms with van der Waals surface area (Å²) in [6.07, 6.45) is 2.74. The van der Waals surface area contributed by atoms with Gasteiger partial charge in [0.05, 0.1) is 17.9 Å². The van der Waals surface area contributed by atoms with Crippen LogP contribution in [0.2, 0.25) is 0 Å². The minimum absolute atomic E-state index is 0.0813. The summed E-state index contributed by atoms with van der Waals surface area (Å²) < 4.78 is 5.26. The molecule has 0 spiro atoms. The van der Waals surface area contributed by atoms with Gasteiger partial charge in [0.15, 0.2) is 0 Å². The van der Waals surface area contributed by atoms with Crippen LogP contribution in [0, 0.1) is 11.3 Å². The summed E-state index contributed by atoms with van der Waals surface area (Å²) in [6, 6.07) is 0. The first kappa shape index (κ1) is 15.0. The quantitative estimate of drug-likeness (QED) is 0.754. The molecule has 0 saturated carbocycles. The van der Waals surface area contributed by atoms with Crippen molar-refractivity contribution in [2.45, 2.75) is 39.5 Å². The van der Waals surface area contributed by atoms with Crippen molar-refractivity contribution < 1.29 is 19.4 Å². The predicted molar refractivity (Wildman–Crippen MR) is 67.2 cm³/mol. The molecule has 0 aliphatic carbocycles. The topological polar surface area (TPSA) is 75.6 Å². The van der Waals surface area contributed by atoms with E-state index in [1.807, 2.05) is 13.8 Å². The number of carbonyl (C=O) groups excluding carboxylic acids is 1. The van der Waals surface area contributed by atoms with Crippen molar-refractivity contribution in [3.8, 4) is 0 Å². The summed E-state index contributed by atoms with van der Waals surface area (Å²) in [6.45, 7) is 5.04. The molecule has 0 radical (unpaired) electrons. The molecule has 5 nitrogen and oxygen atoms in total. The number of aliphatic carboxylic acids is 1. The average Bonchev–Trinajstić information content (AvgIpc) is 2.41. The van der Waals surface area contributed by atoms with Crippen LogP contribution in [0.15, 0.2) is 0 Å². The van der Waals surface area contributed by atoms with Gasteiger partial charge < -0.3 is 15.2 Å². The predicted octanol–water partition coefficient (Wildman–Crippen LogP) is 1.42. The first-order chi connectivity index (χ1) is 8.55. The van der Waals surface area contributed by atoms with Gasteiger partial charge in [-0.1, -0.05) is 13.8 Å². The van der Waals surface area contributed by atoms with Gasteiger partial charge in [-0.3, -0.25) is 9.59 Å². The molecule has 0 aromatic carbocycles. The smallest absolute Gasteiger partial charge is 0.311 e. The number of nitrogens with one attached hydrogen (secondary N) is 1. The van der Waals surface area contributed by atoms with Gasteiger partial charge in [0.2, 0.25) is 5.91 Å². The Bertz CT molecular complexity index is 293. The molecule has 1 atom stereocenters. The van der Waals surface area contributed by atoms with Crippen LogP contribution in [0.5, 0.6) is 0 Å². The average molecular weight is 257 g/mol. The minimum Gasteiger partial charge on any atom is -0.481 e. The second-order valence-corrected chi connectivity index (χ2v) is 4.92. The molecule has 1 saturated heterocycles. The van der Waals surface area contributed by atoms with Crippen LogP contribution in [0.3, 0.4) is 0 Å². The van der Waals surface area contributed by atoms with E-state index in [1.165, 1.54) is 0 Å². The summed E-state index contributed by atoms with van der Waals surface area (Å²) in [4.78, 5) is 23.2. The molecule has 1 rings (SSSR count). The van der Waals surface area contributed by atoms with Crippen LogP contribution in [0.1, 0.15) is 39.5 Å². The Morgan fingerprint density at radius 2 is 2.06 bits per heavy atom. The second-order valence-electron chi connectivity index (χ2n) is 4.92. The monoisotopic (exact) mass is 257 g/mol. The zero-order chi connectivity index (χ0) is 13.6. The molecule has 0 aromatic heterocycles. The standard InChI is InChI=1S/C13H23NO4/c1-3-13(4-2,12(16)17)9-14-11(15)10-6-5-7-18-8-10/h10H,3-9H2,1-2H3,(H,14,15)(H,16,17). The highest BCUT2D eigenvalue weighted by Crippen LogP contribution is 2.26. The van der Waals surface area contributed by atoms with Crippen LogP contribution >= 0.6 is 0 Å². The minimum atomic E-state index is -0.842. The molecule has 2 N–H and O–H groups in total. The molecule has 18 heavy (non-hydrogen) atoms. The van der Waals surface area contributed by atoms with Crippen molar-refractivity contribution >= 4 is 11.9 Å². The van der Waals surface area contributed by atoms with Gasteiger partial charge in [0.25, 0.3) is 0 Å². The van der Waals surface area contributed by atoms with Gasteiger partial charge >= 0.3 is 5.97 Å². The van der Waals surface area contributed by atoms with E-state index >= 15 is 0 Å². The van der Waals surface area contributed by atoms with E-state index in [0.29, 0.717) is 26.1 Å². The summed E-state index contributed by atoms with van der Waals surface area (Å²) in [7, 11) is 0. The van der Waals surface area contributed by atoms with Crippen LogP contribution < -0.4 is 5.32 Å². The molecule has 1 amide bonds. The lowest BCUT2D eigenvalue weighted by atomic mass is 9.82. The van der Waals surface area contributed by atoms with Crippen molar-refractivity contribution in [3.05, 3.63) is 0 Å². The Labute approximate surface area is 108 Å². The van der Waals surface area contributed by atoms with Gasteiger partial charge in [0.1, 0.15) is 0 Å². The number of amides is 1. The first-order valence-corrected chi connectivity index (χ1v) is 6.64. The Kier molecular flexibility index (Phi) is 5.59. The highest BCUT2D eigenvalue weighted by molar-refractivity contribution is 5.80. The van der Waals surface area contributed by atoms with Gasteiger partial charge in [-0.2, -0.15) is 0 Å². The second kappa shape index (κ2) is 6.73. The maximum Gasteiger partial charge on any atom is 0.311 e. The number of carboxylic acid groups (broad SMARTS) is 1. The lowest BCUT2D eigenvalue weighted by Gasteiger charge is -2.28. The molecule has 0 aromatic rings. The highest BCUT2D eigenvalue weighted by atomic mass is 16.5. The molecular weight excluding hydrogens is 234 g/mol. The van der Waals surface area contributed by atoms with Gasteiger partial charge in [-0.05, 0) is 25.7 Å². The third-order valence-electron chi connectivity index (χ3n) is 3.94. The van der Waals surface area contributed by atoms with Crippen molar-refractivity contribution in [2.75, 3.05) is 19.8 Å². The molecule has 1 aliphatic rings. The van der Waals surface area contributed by atoms with E-state index < -0.39 is 11.4 Å². The molecule has 104 valence electrons. The fourth-order valence-electron chi connectivity index (χ4n) is 2.23. The normalized spacial score (nSPS) is 20.4. The third-order valence-corrected chi connectivity index (χ3v) is 3.94. The van der Waals surface area contributed by atoms with E-state index in [4.69, 9.17) is 4.74 Å². The Morgan fingerprint density at radius 1 is 1.39 bits per heavy atom. The summed E-state index contributed by atoms with van der Waals surface area (Å²) in [5, 5.41) is 12.0. The van der Waals surface area contributed by atoms with E-state index in [-0.39, 0.29) is 18.4 Å². The summed E-state index contributed by atoms with van der Waals surface area (Å²) >= 11 is 0. The Morgan fingerprint density at radius 3 is 2.50 bits per heavy atom. The third kappa shape index (κ3) is 3.45. The SMILES string of the molecule is CCC(CC)(CNC(=O)C1CCCOC1)C(=O)O. The molecule has 5 heteroatoms. The first-order valence-electron chi connectivity index (χ1n) is 6.64. The van der Waals surface area contributed by atoms with Crippen molar-refractivity contribution in [1.29, 1.82) is 0 Å². The fraction of sp³-hybridized carbons (Fsp3) is 0.846. The van der Waals surface area contributed by atoms with Gasteiger partial charge in [0, 0.05) is 13.2 Å². The number of ether oxygens (including phenoxy) is 1. The maximum atomic E-state index is 11.9. The summed E-state index contributed by atoms with van der Waals surface area (Å²) in [5.74, 6) is -1.05. The zero-order valence-corrected chi connectivity index (χ0v) is 11.2. The number of carbonyl (C=O) groups is 2. The van der Waals surface area contributed by atoms with E-state index in [1.54, 1.807) is 0 Å². The van der Waals surface area contributed by atoms with Gasteiger partial charge in [-0.25, -0.2) is 0 Å². The number of hydrogen-bond donors (Lipinski definition) is 2. The van der Waals surface area contributed by atoms with E-state index in [0.717, 1.165) is 12.8 Å². The molecular formula is C13H23NO4. The molecule has 0 bridgehead atoms. The van der Waals surface area contributed by atoms with Crippen LogP contribution in [-0.4, -0.2) is 36.7 Å². The van der Waals surface area contributed by atoms with E-state index in [2.05, 4.69) is 5.32 Å². The zero-order valence-electron chi connectivity index (χ0n) is 11.2. The van der Waals surface area contributed by atoms with Crippen molar-refractivity contribution in [2.24, 2.45) is 11.3 Å². The molecule has 1 heterocycles. The Balaban J connectivity index is 2.51. The molecule has 1 aliphatic heterocycles. The van der Waals surface area contributed by atoms with Crippen molar-refractivity contribution in [1.82, 2.24) is 5.32 Å². The number of rotatable bonds is 6. The largest absolute Gasteiger partial charge is 0.481 e. The number of hydrogen-bond acceptors (Lipinski definition) is 3. The molecule has 1 fully saturated rings. The lowest BCUT2D eigenvalue weighted by Crippen LogP contribution is -2.45. The fourth-order valence-corrected chi connectivity index (χ4v) is 2.23. The van der Waals surface area contributed by atoms with E-state index in [9.17, 15) is 14.7 Å². The van der Waals surface area contributed by atoms with Crippen LogP contribution in [0.4, 0.5) is 0 Å².